The predicted molar refractivity (Wildman–Crippen MR) is 48.5 cm³/mol. The molecule has 1 rings (SSSR count). The SMILES string of the molecule is CCCN1CCC(N)CC1C. The van der Waals surface area contributed by atoms with Crippen LogP contribution in [0.2, 0.25) is 0 Å². The maximum absolute atomic E-state index is 5.86. The summed E-state index contributed by atoms with van der Waals surface area (Å²) in [7, 11) is 0. The van der Waals surface area contributed by atoms with E-state index >= 15 is 0 Å². The molecule has 1 fully saturated rings. The van der Waals surface area contributed by atoms with E-state index in [9.17, 15) is 0 Å². The van der Waals surface area contributed by atoms with Crippen LogP contribution >= 0.6 is 0 Å². The Balaban J connectivity index is 2.31. The Bertz CT molecular complexity index is 114. The molecule has 11 heavy (non-hydrogen) atoms. The Morgan fingerprint density at radius 2 is 2.27 bits per heavy atom. The highest BCUT2D eigenvalue weighted by Crippen LogP contribution is 2.15. The van der Waals surface area contributed by atoms with Gasteiger partial charge in [0, 0.05) is 12.1 Å². The number of piperidine rings is 1. The van der Waals surface area contributed by atoms with Crippen LogP contribution in [0.15, 0.2) is 0 Å². The zero-order valence-corrected chi connectivity index (χ0v) is 7.71. The summed E-state index contributed by atoms with van der Waals surface area (Å²) in [6.45, 7) is 6.97. The van der Waals surface area contributed by atoms with Gasteiger partial charge in [0.05, 0.1) is 0 Å². The Morgan fingerprint density at radius 1 is 1.55 bits per heavy atom. The zero-order valence-electron chi connectivity index (χ0n) is 7.71. The van der Waals surface area contributed by atoms with E-state index in [1.165, 1.54) is 32.4 Å². The van der Waals surface area contributed by atoms with Crippen molar-refractivity contribution in [2.45, 2.75) is 45.2 Å². The molecule has 66 valence electrons. The second kappa shape index (κ2) is 4.07. The fourth-order valence-electron chi connectivity index (χ4n) is 1.88. The first-order valence-corrected chi connectivity index (χ1v) is 4.73. The first-order valence-electron chi connectivity index (χ1n) is 4.73. The number of hydrogen-bond acceptors (Lipinski definition) is 2. The largest absolute Gasteiger partial charge is 0.328 e. The molecule has 2 nitrogen and oxygen atoms in total. The maximum atomic E-state index is 5.86. The van der Waals surface area contributed by atoms with E-state index in [4.69, 9.17) is 5.73 Å². The summed E-state index contributed by atoms with van der Waals surface area (Å²) >= 11 is 0. The third-order valence-electron chi connectivity index (χ3n) is 2.57. The quantitative estimate of drug-likeness (QED) is 0.651. The molecule has 2 unspecified atom stereocenters. The third kappa shape index (κ3) is 2.46. The van der Waals surface area contributed by atoms with E-state index in [0.29, 0.717) is 12.1 Å². The van der Waals surface area contributed by atoms with Crippen molar-refractivity contribution in [3.63, 3.8) is 0 Å². The molecule has 0 aromatic rings. The van der Waals surface area contributed by atoms with Gasteiger partial charge in [-0.2, -0.15) is 0 Å². The van der Waals surface area contributed by atoms with Gasteiger partial charge in [0.2, 0.25) is 0 Å². The highest BCUT2D eigenvalue weighted by atomic mass is 15.2. The van der Waals surface area contributed by atoms with Crippen molar-refractivity contribution in [1.82, 2.24) is 4.90 Å². The van der Waals surface area contributed by atoms with Crippen molar-refractivity contribution in [3.8, 4) is 0 Å². The van der Waals surface area contributed by atoms with Gasteiger partial charge in [0.25, 0.3) is 0 Å². The molecule has 0 aromatic heterocycles. The van der Waals surface area contributed by atoms with Gasteiger partial charge >= 0.3 is 0 Å². The summed E-state index contributed by atoms with van der Waals surface area (Å²) in [5, 5.41) is 0. The molecule has 0 radical (unpaired) electrons. The summed E-state index contributed by atoms with van der Waals surface area (Å²) < 4.78 is 0. The van der Waals surface area contributed by atoms with Gasteiger partial charge in [-0.15, -0.1) is 0 Å². The van der Waals surface area contributed by atoms with Crippen LogP contribution in [0, 0.1) is 0 Å². The molecule has 0 saturated carbocycles. The first-order chi connectivity index (χ1) is 5.24. The fraction of sp³-hybridized carbons (Fsp3) is 1.00. The average molecular weight is 156 g/mol. The lowest BCUT2D eigenvalue weighted by Crippen LogP contribution is -2.45. The highest BCUT2D eigenvalue weighted by molar-refractivity contribution is 4.80. The summed E-state index contributed by atoms with van der Waals surface area (Å²) in [4.78, 5) is 2.54. The van der Waals surface area contributed by atoms with Crippen LogP contribution < -0.4 is 5.73 Å². The monoisotopic (exact) mass is 156 g/mol. The van der Waals surface area contributed by atoms with Gasteiger partial charge in [-0.25, -0.2) is 0 Å². The molecule has 0 aliphatic carbocycles. The smallest absolute Gasteiger partial charge is 0.00816 e. The van der Waals surface area contributed by atoms with Crippen molar-refractivity contribution in [1.29, 1.82) is 0 Å². The summed E-state index contributed by atoms with van der Waals surface area (Å²) in [6.07, 6.45) is 3.63. The number of nitrogens with zero attached hydrogens (tertiary/aromatic N) is 1. The molecule has 2 atom stereocenters. The molecule has 0 aromatic carbocycles. The lowest BCUT2D eigenvalue weighted by Gasteiger charge is -2.36. The lowest BCUT2D eigenvalue weighted by molar-refractivity contribution is 0.148. The van der Waals surface area contributed by atoms with Crippen molar-refractivity contribution in [3.05, 3.63) is 0 Å². The van der Waals surface area contributed by atoms with E-state index in [2.05, 4.69) is 18.7 Å². The molecule has 1 saturated heterocycles. The van der Waals surface area contributed by atoms with Crippen LogP contribution in [0.5, 0.6) is 0 Å². The van der Waals surface area contributed by atoms with E-state index in [-0.39, 0.29) is 0 Å². The van der Waals surface area contributed by atoms with Crippen LogP contribution in [-0.2, 0) is 0 Å². The van der Waals surface area contributed by atoms with Gasteiger partial charge in [-0.05, 0) is 39.3 Å². The Labute approximate surface area is 69.8 Å². The Kier molecular flexibility index (Phi) is 3.34. The number of hydrogen-bond donors (Lipinski definition) is 1. The fourth-order valence-corrected chi connectivity index (χ4v) is 1.88. The summed E-state index contributed by atoms with van der Waals surface area (Å²) in [5.74, 6) is 0. The van der Waals surface area contributed by atoms with Crippen LogP contribution in [0.3, 0.4) is 0 Å². The van der Waals surface area contributed by atoms with E-state index in [1.807, 2.05) is 0 Å². The number of nitrogens with two attached hydrogens (primary N) is 1. The zero-order chi connectivity index (χ0) is 8.27. The van der Waals surface area contributed by atoms with Gasteiger partial charge in [-0.1, -0.05) is 6.92 Å². The predicted octanol–water partition coefficient (Wildman–Crippen LogP) is 1.21. The Morgan fingerprint density at radius 3 is 2.82 bits per heavy atom. The minimum Gasteiger partial charge on any atom is -0.328 e. The maximum Gasteiger partial charge on any atom is 0.00816 e. The molecule has 2 N–H and O–H groups in total. The van der Waals surface area contributed by atoms with Crippen molar-refractivity contribution in [2.24, 2.45) is 5.73 Å². The molecule has 0 bridgehead atoms. The minimum atomic E-state index is 0.457. The van der Waals surface area contributed by atoms with Crippen LogP contribution in [0.4, 0.5) is 0 Å². The van der Waals surface area contributed by atoms with Gasteiger partial charge < -0.3 is 10.6 Å². The second-order valence-electron chi connectivity index (χ2n) is 3.67. The van der Waals surface area contributed by atoms with Crippen molar-refractivity contribution >= 4 is 0 Å². The second-order valence-corrected chi connectivity index (χ2v) is 3.67. The average Bonchev–Trinajstić information content (AvgIpc) is 1.95. The van der Waals surface area contributed by atoms with Crippen LogP contribution in [0.25, 0.3) is 0 Å². The first kappa shape index (κ1) is 9.01. The van der Waals surface area contributed by atoms with Crippen LogP contribution in [0.1, 0.15) is 33.1 Å². The molecule has 1 aliphatic heterocycles. The van der Waals surface area contributed by atoms with Gasteiger partial charge in [-0.3, -0.25) is 0 Å². The summed E-state index contributed by atoms with van der Waals surface area (Å²) in [5.41, 5.74) is 5.86. The number of rotatable bonds is 2. The molecular formula is C9H20N2. The highest BCUT2D eigenvalue weighted by Gasteiger charge is 2.21. The molecule has 0 spiro atoms. The third-order valence-corrected chi connectivity index (χ3v) is 2.57. The van der Waals surface area contributed by atoms with E-state index < -0.39 is 0 Å². The van der Waals surface area contributed by atoms with Crippen molar-refractivity contribution < 1.29 is 0 Å². The molecule has 0 amide bonds. The van der Waals surface area contributed by atoms with E-state index in [1.54, 1.807) is 0 Å². The van der Waals surface area contributed by atoms with Crippen molar-refractivity contribution in [2.75, 3.05) is 13.1 Å². The normalized spacial score (nSPS) is 34.1. The molecular weight excluding hydrogens is 136 g/mol. The van der Waals surface area contributed by atoms with Gasteiger partial charge in [0.15, 0.2) is 0 Å². The minimum absolute atomic E-state index is 0.457. The standard InChI is InChI=1S/C9H20N2/c1-3-5-11-6-4-9(10)7-8(11)2/h8-9H,3-7,10H2,1-2H3. The summed E-state index contributed by atoms with van der Waals surface area (Å²) in [6, 6.07) is 1.16. The Hall–Kier alpha value is -0.0800. The molecule has 1 aliphatic rings. The van der Waals surface area contributed by atoms with Gasteiger partial charge in [0.1, 0.15) is 0 Å². The molecule has 1 heterocycles. The van der Waals surface area contributed by atoms with E-state index in [0.717, 1.165) is 0 Å². The number of likely N-dealkylation sites (tertiary alicyclic amines) is 1. The lowest BCUT2D eigenvalue weighted by atomic mass is 9.99. The van der Waals surface area contributed by atoms with Crippen LogP contribution in [-0.4, -0.2) is 30.1 Å². The topological polar surface area (TPSA) is 29.3 Å². The molecule has 2 heteroatoms.